The first kappa shape index (κ1) is 17.4. The molecule has 118 valence electrons. The number of hydrogen-bond donors (Lipinski definition) is 2. The fraction of sp³-hybridized carbons (Fsp3) is 0.923. The van der Waals surface area contributed by atoms with Crippen LogP contribution in [-0.2, 0) is 14.6 Å². The average molecular weight is 305 g/mol. The van der Waals surface area contributed by atoms with E-state index in [2.05, 4.69) is 10.2 Å². The molecular formula is C13H27N3O3S. The summed E-state index contributed by atoms with van der Waals surface area (Å²) in [4.78, 5) is 13.5. The van der Waals surface area contributed by atoms with E-state index in [0.29, 0.717) is 12.2 Å². The molecule has 20 heavy (non-hydrogen) atoms. The predicted octanol–water partition coefficient (Wildman–Crippen LogP) is -0.261. The van der Waals surface area contributed by atoms with Crippen LogP contribution in [0.25, 0.3) is 0 Å². The average Bonchev–Trinajstić information content (AvgIpc) is 2.74. The van der Waals surface area contributed by atoms with Crippen LogP contribution in [0.4, 0.5) is 0 Å². The van der Waals surface area contributed by atoms with Crippen LogP contribution in [0.3, 0.4) is 0 Å². The van der Waals surface area contributed by atoms with Gasteiger partial charge in [-0.25, -0.2) is 8.42 Å². The number of amides is 1. The highest BCUT2D eigenvalue weighted by Gasteiger charge is 2.31. The molecule has 2 atom stereocenters. The molecule has 1 saturated heterocycles. The number of nitrogens with two attached hydrogens (primary N) is 1. The van der Waals surface area contributed by atoms with Gasteiger partial charge in [-0.05, 0) is 53.2 Å². The van der Waals surface area contributed by atoms with Crippen LogP contribution in [0.5, 0.6) is 0 Å². The van der Waals surface area contributed by atoms with Gasteiger partial charge in [-0.3, -0.25) is 4.79 Å². The zero-order valence-corrected chi connectivity index (χ0v) is 13.5. The van der Waals surface area contributed by atoms with E-state index in [1.165, 1.54) is 0 Å². The summed E-state index contributed by atoms with van der Waals surface area (Å²) in [5, 5.41) is 2.96. The van der Waals surface area contributed by atoms with Crippen LogP contribution in [0.15, 0.2) is 0 Å². The van der Waals surface area contributed by atoms with Gasteiger partial charge in [0, 0.05) is 6.04 Å². The smallest absolute Gasteiger partial charge is 0.237 e. The molecule has 1 fully saturated rings. The predicted molar refractivity (Wildman–Crippen MR) is 80.2 cm³/mol. The third-order valence-corrected chi connectivity index (χ3v) is 6.12. The molecule has 2 unspecified atom stereocenters. The minimum Gasteiger partial charge on any atom is -0.368 e. The lowest BCUT2D eigenvalue weighted by Crippen LogP contribution is -2.51. The van der Waals surface area contributed by atoms with E-state index in [-0.39, 0.29) is 17.7 Å². The number of primary amides is 1. The van der Waals surface area contributed by atoms with Crippen molar-refractivity contribution in [3.63, 3.8) is 0 Å². The number of sulfone groups is 1. The van der Waals surface area contributed by atoms with E-state index >= 15 is 0 Å². The van der Waals surface area contributed by atoms with E-state index in [9.17, 15) is 13.2 Å². The van der Waals surface area contributed by atoms with Crippen LogP contribution in [0.1, 0.15) is 32.6 Å². The number of hydrogen-bond acceptors (Lipinski definition) is 5. The third kappa shape index (κ3) is 4.71. The molecular weight excluding hydrogens is 278 g/mol. The van der Waals surface area contributed by atoms with Gasteiger partial charge in [0.15, 0.2) is 9.84 Å². The van der Waals surface area contributed by atoms with Crippen LogP contribution in [0.2, 0.25) is 0 Å². The van der Waals surface area contributed by atoms with Gasteiger partial charge < -0.3 is 16.0 Å². The maximum atomic E-state index is 11.4. The molecule has 0 saturated carbocycles. The Morgan fingerprint density at radius 2 is 2.10 bits per heavy atom. The minimum atomic E-state index is -2.82. The van der Waals surface area contributed by atoms with Gasteiger partial charge in [-0.15, -0.1) is 0 Å². The molecule has 1 heterocycles. The molecule has 0 aromatic rings. The lowest BCUT2D eigenvalue weighted by atomic mass is 9.94. The van der Waals surface area contributed by atoms with Gasteiger partial charge in [0.2, 0.25) is 5.91 Å². The van der Waals surface area contributed by atoms with Crippen LogP contribution in [0, 0.1) is 0 Å². The number of rotatable bonds is 8. The SMILES string of the molecule is CNC(C)(CCCCN(C)C1CCS(=O)(=O)C1)C(N)=O. The summed E-state index contributed by atoms with van der Waals surface area (Å²) >= 11 is 0. The fourth-order valence-electron chi connectivity index (χ4n) is 2.52. The first-order valence-corrected chi connectivity index (χ1v) is 8.92. The Balaban J connectivity index is 2.29. The van der Waals surface area contributed by atoms with Crippen molar-refractivity contribution >= 4 is 15.7 Å². The summed E-state index contributed by atoms with van der Waals surface area (Å²) in [5.41, 5.74) is 4.72. The molecule has 1 aliphatic heterocycles. The molecule has 0 bridgehead atoms. The molecule has 0 spiro atoms. The largest absolute Gasteiger partial charge is 0.368 e. The number of carbonyl (C=O) groups excluding carboxylic acids is 1. The van der Waals surface area contributed by atoms with Crippen molar-refractivity contribution in [1.82, 2.24) is 10.2 Å². The molecule has 3 N–H and O–H groups in total. The van der Waals surface area contributed by atoms with Gasteiger partial charge in [-0.1, -0.05) is 0 Å². The molecule has 7 heteroatoms. The zero-order valence-electron chi connectivity index (χ0n) is 12.7. The molecule has 1 amide bonds. The van der Waals surface area contributed by atoms with Crippen molar-refractivity contribution in [3.8, 4) is 0 Å². The van der Waals surface area contributed by atoms with Gasteiger partial charge >= 0.3 is 0 Å². The highest BCUT2D eigenvalue weighted by Crippen LogP contribution is 2.18. The Labute approximate surface area is 122 Å². The molecule has 0 aromatic carbocycles. The number of nitrogens with zero attached hydrogens (tertiary/aromatic N) is 1. The van der Waals surface area contributed by atoms with Crippen LogP contribution < -0.4 is 11.1 Å². The number of unbranched alkanes of at least 4 members (excludes halogenated alkanes) is 1. The lowest BCUT2D eigenvalue weighted by Gasteiger charge is -2.27. The standard InChI is InChI=1S/C13H27N3O3S/c1-13(15-2,12(14)17)7-4-5-8-16(3)11-6-9-20(18,19)10-11/h11,15H,4-10H2,1-3H3,(H2,14,17). The summed E-state index contributed by atoms with van der Waals surface area (Å²) in [7, 11) is 0.883. The topological polar surface area (TPSA) is 92.5 Å². The van der Waals surface area contributed by atoms with Crippen molar-refractivity contribution in [1.29, 1.82) is 0 Å². The van der Waals surface area contributed by atoms with E-state index in [1.807, 2.05) is 14.0 Å². The highest BCUT2D eigenvalue weighted by molar-refractivity contribution is 7.91. The lowest BCUT2D eigenvalue weighted by molar-refractivity contribution is -0.123. The molecule has 6 nitrogen and oxygen atoms in total. The van der Waals surface area contributed by atoms with Gasteiger partial charge in [0.25, 0.3) is 0 Å². The molecule has 0 aliphatic carbocycles. The Hall–Kier alpha value is -0.660. The quantitative estimate of drug-likeness (QED) is 0.603. The summed E-state index contributed by atoms with van der Waals surface area (Å²) in [6.07, 6.45) is 3.23. The minimum absolute atomic E-state index is 0.145. The van der Waals surface area contributed by atoms with Gasteiger partial charge in [0.05, 0.1) is 17.0 Å². The summed E-state index contributed by atoms with van der Waals surface area (Å²) < 4.78 is 22.9. The zero-order chi connectivity index (χ0) is 15.4. The van der Waals surface area contributed by atoms with Crippen LogP contribution in [-0.4, -0.2) is 63.0 Å². The maximum Gasteiger partial charge on any atom is 0.237 e. The fourth-order valence-corrected chi connectivity index (χ4v) is 4.32. The van der Waals surface area contributed by atoms with Crippen molar-refractivity contribution in [3.05, 3.63) is 0 Å². The Morgan fingerprint density at radius 3 is 2.55 bits per heavy atom. The Bertz CT molecular complexity index is 438. The summed E-state index contributed by atoms with van der Waals surface area (Å²) in [5.74, 6) is 0.246. The first-order chi connectivity index (χ1) is 9.20. The van der Waals surface area contributed by atoms with Crippen molar-refractivity contribution in [2.45, 2.75) is 44.2 Å². The number of likely N-dealkylation sites (N-methyl/N-ethyl adjacent to an activating group) is 1. The van der Waals surface area contributed by atoms with E-state index in [0.717, 1.165) is 25.8 Å². The number of carbonyl (C=O) groups is 1. The van der Waals surface area contributed by atoms with E-state index < -0.39 is 15.4 Å². The normalized spacial score (nSPS) is 24.7. The Morgan fingerprint density at radius 1 is 1.45 bits per heavy atom. The molecule has 0 aromatic heterocycles. The van der Waals surface area contributed by atoms with Crippen molar-refractivity contribution in [2.75, 3.05) is 32.1 Å². The summed E-state index contributed by atoms with van der Waals surface area (Å²) in [6.45, 7) is 2.65. The maximum absolute atomic E-state index is 11.4. The third-order valence-electron chi connectivity index (χ3n) is 4.36. The van der Waals surface area contributed by atoms with Crippen LogP contribution >= 0.6 is 0 Å². The van der Waals surface area contributed by atoms with Crippen molar-refractivity contribution < 1.29 is 13.2 Å². The second kappa shape index (κ2) is 6.87. The second-order valence-electron chi connectivity index (χ2n) is 5.94. The molecule has 1 aliphatic rings. The van der Waals surface area contributed by atoms with E-state index in [1.54, 1.807) is 7.05 Å². The second-order valence-corrected chi connectivity index (χ2v) is 8.17. The van der Waals surface area contributed by atoms with E-state index in [4.69, 9.17) is 5.73 Å². The van der Waals surface area contributed by atoms with Crippen molar-refractivity contribution in [2.24, 2.45) is 5.73 Å². The van der Waals surface area contributed by atoms with Gasteiger partial charge in [0.1, 0.15) is 0 Å². The van der Waals surface area contributed by atoms with Gasteiger partial charge in [-0.2, -0.15) is 0 Å². The molecule has 0 radical (unpaired) electrons. The molecule has 1 rings (SSSR count). The Kier molecular flexibility index (Phi) is 5.97. The highest BCUT2D eigenvalue weighted by atomic mass is 32.2. The number of nitrogens with one attached hydrogen (secondary N) is 1. The monoisotopic (exact) mass is 305 g/mol. The first-order valence-electron chi connectivity index (χ1n) is 7.10. The summed E-state index contributed by atoms with van der Waals surface area (Å²) in [6, 6.07) is 0.145.